The second-order valence-corrected chi connectivity index (χ2v) is 3.49. The molecule has 0 bridgehead atoms. The number of halogens is 4. The lowest BCUT2D eigenvalue weighted by Crippen LogP contribution is -2.11. The van der Waals surface area contributed by atoms with E-state index in [0.717, 1.165) is 6.07 Å². The Morgan fingerprint density at radius 3 is 2.50 bits per heavy atom. The maximum absolute atomic E-state index is 13.4. The fraction of sp³-hybridized carbons (Fsp3) is 0.0909. The summed E-state index contributed by atoms with van der Waals surface area (Å²) in [5, 5.41) is 8.68. The lowest BCUT2D eigenvalue weighted by molar-refractivity contribution is -0.141. The van der Waals surface area contributed by atoms with Crippen molar-refractivity contribution in [1.82, 2.24) is 4.98 Å². The van der Waals surface area contributed by atoms with E-state index < -0.39 is 34.7 Å². The van der Waals surface area contributed by atoms with Gasteiger partial charge in [-0.15, -0.1) is 0 Å². The molecule has 18 heavy (non-hydrogen) atoms. The molecular formula is C11H5F4NO2. The van der Waals surface area contributed by atoms with E-state index in [-0.39, 0.29) is 5.39 Å². The Morgan fingerprint density at radius 1 is 1.28 bits per heavy atom. The molecule has 0 spiro atoms. The van der Waals surface area contributed by atoms with Gasteiger partial charge in [-0.25, -0.2) is 14.2 Å². The molecule has 0 aliphatic carbocycles. The molecule has 0 unspecified atom stereocenters. The van der Waals surface area contributed by atoms with Crippen LogP contribution in [-0.2, 0) is 6.18 Å². The molecular weight excluding hydrogens is 254 g/mol. The Labute approximate surface area is 97.7 Å². The number of hydrogen-bond acceptors (Lipinski definition) is 2. The average molecular weight is 259 g/mol. The Morgan fingerprint density at radius 2 is 1.94 bits per heavy atom. The highest BCUT2D eigenvalue weighted by Gasteiger charge is 2.34. The van der Waals surface area contributed by atoms with E-state index in [2.05, 4.69) is 4.98 Å². The molecule has 2 aromatic rings. The van der Waals surface area contributed by atoms with E-state index in [1.807, 2.05) is 0 Å². The van der Waals surface area contributed by atoms with Gasteiger partial charge in [0, 0.05) is 5.39 Å². The van der Waals surface area contributed by atoms with Gasteiger partial charge >= 0.3 is 12.1 Å². The molecule has 3 nitrogen and oxygen atoms in total. The quantitative estimate of drug-likeness (QED) is 0.800. The third-order valence-corrected chi connectivity index (χ3v) is 2.31. The Hall–Kier alpha value is -2.18. The first-order chi connectivity index (χ1) is 8.30. The van der Waals surface area contributed by atoms with Crippen molar-refractivity contribution >= 4 is 16.9 Å². The predicted molar refractivity (Wildman–Crippen MR) is 53.7 cm³/mol. The molecule has 0 atom stereocenters. The second kappa shape index (κ2) is 3.94. The van der Waals surface area contributed by atoms with Crippen LogP contribution in [0.1, 0.15) is 16.1 Å². The van der Waals surface area contributed by atoms with Crippen LogP contribution in [-0.4, -0.2) is 16.1 Å². The van der Waals surface area contributed by atoms with Crippen LogP contribution in [0.25, 0.3) is 10.9 Å². The number of aromatic nitrogens is 1. The number of alkyl halides is 3. The Balaban J connectivity index is 2.88. The van der Waals surface area contributed by atoms with Crippen molar-refractivity contribution in [1.29, 1.82) is 0 Å². The first-order valence-corrected chi connectivity index (χ1v) is 4.70. The van der Waals surface area contributed by atoms with Crippen LogP contribution in [0.15, 0.2) is 24.3 Å². The van der Waals surface area contributed by atoms with Crippen LogP contribution in [0.3, 0.4) is 0 Å². The summed E-state index contributed by atoms with van der Waals surface area (Å²) >= 11 is 0. The minimum atomic E-state index is -4.83. The monoisotopic (exact) mass is 259 g/mol. The van der Waals surface area contributed by atoms with E-state index in [0.29, 0.717) is 6.07 Å². The first kappa shape index (κ1) is 12.3. The number of aromatic carboxylic acids is 1. The molecule has 0 radical (unpaired) electrons. The molecule has 1 heterocycles. The zero-order chi connectivity index (χ0) is 13.5. The van der Waals surface area contributed by atoms with Crippen molar-refractivity contribution in [3.63, 3.8) is 0 Å². The van der Waals surface area contributed by atoms with Crippen molar-refractivity contribution in [3.8, 4) is 0 Å². The van der Waals surface area contributed by atoms with E-state index >= 15 is 0 Å². The Bertz CT molecular complexity index is 637. The van der Waals surface area contributed by atoms with Gasteiger partial charge in [0.15, 0.2) is 0 Å². The molecule has 1 N–H and O–H groups in total. The van der Waals surface area contributed by atoms with Gasteiger partial charge in [-0.1, -0.05) is 12.1 Å². The van der Waals surface area contributed by atoms with Gasteiger partial charge in [0.2, 0.25) is 0 Å². The number of hydrogen-bond donors (Lipinski definition) is 1. The fourth-order valence-electron chi connectivity index (χ4n) is 1.54. The standard InChI is InChI=1S/C11H5F4NO2/c12-7-3-1-2-5-6(10(17)18)4-8(11(13,14)15)16-9(5)7/h1-4H,(H,17,18). The number of carbonyl (C=O) groups is 1. The van der Waals surface area contributed by atoms with Crippen LogP contribution in [0.4, 0.5) is 17.6 Å². The molecule has 0 saturated heterocycles. The molecule has 0 amide bonds. The van der Waals surface area contributed by atoms with Gasteiger partial charge in [0.1, 0.15) is 17.0 Å². The van der Waals surface area contributed by atoms with Crippen LogP contribution in [0, 0.1) is 5.82 Å². The topological polar surface area (TPSA) is 50.2 Å². The average Bonchev–Trinajstić information content (AvgIpc) is 2.27. The van der Waals surface area contributed by atoms with E-state index in [9.17, 15) is 22.4 Å². The van der Waals surface area contributed by atoms with Gasteiger partial charge < -0.3 is 5.11 Å². The van der Waals surface area contributed by atoms with Gasteiger partial charge in [-0.3, -0.25) is 0 Å². The summed E-state index contributed by atoms with van der Waals surface area (Å²) in [5.41, 5.74) is -2.67. The highest BCUT2D eigenvalue weighted by Crippen LogP contribution is 2.31. The van der Waals surface area contributed by atoms with Gasteiger partial charge in [0.25, 0.3) is 0 Å². The van der Waals surface area contributed by atoms with Gasteiger partial charge in [-0.05, 0) is 12.1 Å². The SMILES string of the molecule is O=C(O)c1cc(C(F)(F)F)nc2c(F)cccc12. The summed E-state index contributed by atoms with van der Waals surface area (Å²) in [4.78, 5) is 14.0. The van der Waals surface area contributed by atoms with Crippen LogP contribution in [0.2, 0.25) is 0 Å². The van der Waals surface area contributed by atoms with Crippen LogP contribution >= 0.6 is 0 Å². The highest BCUT2D eigenvalue weighted by molar-refractivity contribution is 6.02. The van der Waals surface area contributed by atoms with Gasteiger partial charge in [0.05, 0.1) is 5.56 Å². The largest absolute Gasteiger partial charge is 0.478 e. The molecule has 2 rings (SSSR count). The summed E-state index contributed by atoms with van der Waals surface area (Å²) in [6, 6.07) is 3.72. The van der Waals surface area contributed by atoms with Crippen molar-refractivity contribution in [3.05, 3.63) is 41.3 Å². The molecule has 0 saturated carbocycles. The highest BCUT2D eigenvalue weighted by atomic mass is 19.4. The number of carboxylic acid groups (broad SMARTS) is 1. The van der Waals surface area contributed by atoms with Gasteiger partial charge in [-0.2, -0.15) is 13.2 Å². The van der Waals surface area contributed by atoms with Crippen molar-refractivity contribution < 1.29 is 27.5 Å². The summed E-state index contributed by atoms with van der Waals surface area (Å²) in [7, 11) is 0. The summed E-state index contributed by atoms with van der Waals surface area (Å²) in [5.74, 6) is -2.57. The van der Waals surface area contributed by atoms with Crippen LogP contribution in [0.5, 0.6) is 0 Å². The predicted octanol–water partition coefficient (Wildman–Crippen LogP) is 3.09. The second-order valence-electron chi connectivity index (χ2n) is 3.49. The number of benzene rings is 1. The molecule has 1 aromatic carbocycles. The molecule has 0 fully saturated rings. The third kappa shape index (κ3) is 1.99. The van der Waals surface area contributed by atoms with E-state index in [1.54, 1.807) is 0 Å². The molecule has 7 heteroatoms. The van der Waals surface area contributed by atoms with Crippen molar-refractivity contribution in [2.24, 2.45) is 0 Å². The third-order valence-electron chi connectivity index (χ3n) is 2.31. The maximum Gasteiger partial charge on any atom is 0.433 e. The maximum atomic E-state index is 13.4. The molecule has 0 aliphatic heterocycles. The fourth-order valence-corrected chi connectivity index (χ4v) is 1.54. The van der Waals surface area contributed by atoms with E-state index in [1.165, 1.54) is 12.1 Å². The number of carboxylic acids is 1. The lowest BCUT2D eigenvalue weighted by atomic mass is 10.1. The minimum absolute atomic E-state index is 0.171. The number of pyridine rings is 1. The van der Waals surface area contributed by atoms with Crippen molar-refractivity contribution in [2.75, 3.05) is 0 Å². The summed E-state index contributed by atoms with van der Waals surface area (Å²) in [6.45, 7) is 0. The summed E-state index contributed by atoms with van der Waals surface area (Å²) < 4.78 is 50.9. The zero-order valence-electron chi connectivity index (χ0n) is 8.62. The van der Waals surface area contributed by atoms with Crippen molar-refractivity contribution in [2.45, 2.75) is 6.18 Å². The number of fused-ring (bicyclic) bond motifs is 1. The summed E-state index contributed by atoms with van der Waals surface area (Å²) in [6.07, 6.45) is -4.83. The van der Waals surface area contributed by atoms with Crippen LogP contribution < -0.4 is 0 Å². The normalized spacial score (nSPS) is 11.8. The minimum Gasteiger partial charge on any atom is -0.478 e. The number of nitrogens with zero attached hydrogens (tertiary/aromatic N) is 1. The zero-order valence-corrected chi connectivity index (χ0v) is 8.62. The Kier molecular flexibility index (Phi) is 2.68. The molecule has 94 valence electrons. The smallest absolute Gasteiger partial charge is 0.433 e. The van der Waals surface area contributed by atoms with E-state index in [4.69, 9.17) is 5.11 Å². The molecule has 1 aromatic heterocycles. The number of rotatable bonds is 1. The molecule has 0 aliphatic rings. The first-order valence-electron chi connectivity index (χ1n) is 4.70. The lowest BCUT2D eigenvalue weighted by Gasteiger charge is -2.09. The number of para-hydroxylation sites is 1.